The predicted molar refractivity (Wildman–Crippen MR) is 140 cm³/mol. The fourth-order valence-electron chi connectivity index (χ4n) is 5.12. The number of nitrogens with zero attached hydrogens (tertiary/aromatic N) is 2. The Morgan fingerprint density at radius 2 is 1.56 bits per heavy atom. The zero-order valence-electron chi connectivity index (χ0n) is 22.0. The number of amides is 3. The molecule has 7 nitrogen and oxygen atoms in total. The van der Waals surface area contributed by atoms with E-state index in [4.69, 9.17) is 4.74 Å². The van der Waals surface area contributed by atoms with E-state index >= 15 is 0 Å². The lowest BCUT2D eigenvalue weighted by molar-refractivity contribution is -0.140. The minimum absolute atomic E-state index is 0.00549. The van der Waals surface area contributed by atoms with Crippen LogP contribution in [0.4, 0.5) is 10.5 Å². The van der Waals surface area contributed by atoms with E-state index in [1.165, 1.54) is 0 Å². The van der Waals surface area contributed by atoms with Crippen molar-refractivity contribution in [1.29, 1.82) is 0 Å². The third-order valence-corrected chi connectivity index (χ3v) is 6.83. The number of ether oxygens (including phenoxy) is 1. The zero-order chi connectivity index (χ0) is 26.0. The topological polar surface area (TPSA) is 79.0 Å². The first-order chi connectivity index (χ1) is 17.0. The number of benzene rings is 2. The summed E-state index contributed by atoms with van der Waals surface area (Å²) in [7, 11) is 0. The Balaban J connectivity index is 1.42. The van der Waals surface area contributed by atoms with Gasteiger partial charge in [0.1, 0.15) is 11.6 Å². The summed E-state index contributed by atoms with van der Waals surface area (Å²) >= 11 is 0. The second kappa shape index (κ2) is 10.3. The molecule has 36 heavy (non-hydrogen) atoms. The van der Waals surface area contributed by atoms with Gasteiger partial charge in [-0.15, -0.1) is 0 Å². The number of rotatable bonds is 3. The van der Waals surface area contributed by atoms with Crippen molar-refractivity contribution in [2.75, 3.05) is 18.4 Å². The largest absolute Gasteiger partial charge is 0.444 e. The SMILES string of the molecule is Cc1cc(C)cc(NC(=O)C2CCN(C(=O)[C@@H]3Cc4ccccc4CN3C(=O)OC(C)(C)C)CC2)c1. The molecule has 1 N–H and O–H groups in total. The number of nitrogens with one attached hydrogen (secondary N) is 1. The molecule has 0 radical (unpaired) electrons. The molecular formula is C29H37N3O4. The average Bonchev–Trinajstić information content (AvgIpc) is 2.81. The number of hydrogen-bond donors (Lipinski definition) is 1. The minimum atomic E-state index is -0.650. The molecule has 2 heterocycles. The van der Waals surface area contributed by atoms with E-state index in [-0.39, 0.29) is 17.7 Å². The maximum absolute atomic E-state index is 13.7. The molecule has 1 fully saturated rings. The van der Waals surface area contributed by atoms with Gasteiger partial charge in [-0.05, 0) is 81.8 Å². The summed E-state index contributed by atoms with van der Waals surface area (Å²) in [6, 6.07) is 13.3. The Bertz CT molecular complexity index is 1130. The van der Waals surface area contributed by atoms with Gasteiger partial charge in [0.05, 0.1) is 6.54 Å². The molecule has 1 atom stereocenters. The maximum atomic E-state index is 13.7. The van der Waals surface area contributed by atoms with Crippen LogP contribution in [0, 0.1) is 19.8 Å². The van der Waals surface area contributed by atoms with E-state index in [1.807, 2.05) is 71.0 Å². The first kappa shape index (κ1) is 25.7. The molecule has 0 saturated carbocycles. The standard InChI is InChI=1S/C29H37N3O4/c1-19-14-20(2)16-24(15-19)30-26(33)21-10-12-31(13-11-21)27(34)25-17-22-8-6-7-9-23(22)18-32(25)28(35)36-29(3,4)5/h6-9,14-16,21,25H,10-13,17-18H2,1-5H3,(H,30,33)/t25-/m0/s1. The van der Waals surface area contributed by atoms with E-state index in [0.29, 0.717) is 38.9 Å². The van der Waals surface area contributed by atoms with Crippen LogP contribution in [-0.4, -0.2) is 52.4 Å². The van der Waals surface area contributed by atoms with E-state index in [2.05, 4.69) is 11.4 Å². The molecule has 2 aliphatic heterocycles. The van der Waals surface area contributed by atoms with Gasteiger partial charge in [0.25, 0.3) is 0 Å². The van der Waals surface area contributed by atoms with Crippen LogP contribution in [0.5, 0.6) is 0 Å². The van der Waals surface area contributed by atoms with Gasteiger partial charge in [0.2, 0.25) is 11.8 Å². The molecule has 2 aromatic rings. The minimum Gasteiger partial charge on any atom is -0.444 e. The summed E-state index contributed by atoms with van der Waals surface area (Å²) < 4.78 is 5.65. The molecule has 4 rings (SSSR count). The van der Waals surface area contributed by atoms with Gasteiger partial charge in [0.15, 0.2) is 0 Å². The van der Waals surface area contributed by atoms with Crippen molar-refractivity contribution >= 4 is 23.6 Å². The average molecular weight is 492 g/mol. The number of piperidine rings is 1. The Morgan fingerprint density at radius 3 is 2.17 bits per heavy atom. The number of likely N-dealkylation sites (tertiary alicyclic amines) is 1. The number of fused-ring (bicyclic) bond motifs is 1. The summed E-state index contributed by atoms with van der Waals surface area (Å²) in [6.45, 7) is 10.8. The smallest absolute Gasteiger partial charge is 0.411 e. The van der Waals surface area contributed by atoms with Crippen LogP contribution >= 0.6 is 0 Å². The fraction of sp³-hybridized carbons (Fsp3) is 0.483. The molecule has 192 valence electrons. The third kappa shape index (κ3) is 6.07. The third-order valence-electron chi connectivity index (χ3n) is 6.83. The van der Waals surface area contributed by atoms with Gasteiger partial charge in [-0.2, -0.15) is 0 Å². The highest BCUT2D eigenvalue weighted by molar-refractivity contribution is 5.93. The van der Waals surface area contributed by atoms with Crippen LogP contribution < -0.4 is 5.32 Å². The molecule has 7 heteroatoms. The Kier molecular flexibility index (Phi) is 7.38. The summed E-state index contributed by atoms with van der Waals surface area (Å²) in [5.41, 5.74) is 4.49. The maximum Gasteiger partial charge on any atom is 0.411 e. The number of aryl methyl sites for hydroxylation is 2. The van der Waals surface area contributed by atoms with Crippen molar-refractivity contribution in [1.82, 2.24) is 9.80 Å². The molecule has 0 aromatic heterocycles. The zero-order valence-corrected chi connectivity index (χ0v) is 22.0. The molecule has 1 saturated heterocycles. The van der Waals surface area contributed by atoms with Crippen LogP contribution in [-0.2, 0) is 27.3 Å². The Morgan fingerprint density at radius 1 is 0.944 bits per heavy atom. The fourth-order valence-corrected chi connectivity index (χ4v) is 5.12. The highest BCUT2D eigenvalue weighted by atomic mass is 16.6. The Hall–Kier alpha value is -3.35. The highest BCUT2D eigenvalue weighted by Gasteiger charge is 2.40. The summed E-state index contributed by atoms with van der Waals surface area (Å²) in [4.78, 5) is 43.0. The number of anilines is 1. The summed E-state index contributed by atoms with van der Waals surface area (Å²) in [5.74, 6) is -0.235. The lowest BCUT2D eigenvalue weighted by Gasteiger charge is -2.40. The van der Waals surface area contributed by atoms with Gasteiger partial charge in [-0.1, -0.05) is 30.3 Å². The first-order valence-corrected chi connectivity index (χ1v) is 12.7. The first-order valence-electron chi connectivity index (χ1n) is 12.7. The molecule has 0 bridgehead atoms. The lowest BCUT2D eigenvalue weighted by atomic mass is 9.91. The molecule has 0 aliphatic carbocycles. The lowest BCUT2D eigenvalue weighted by Crippen LogP contribution is -2.56. The van der Waals surface area contributed by atoms with Crippen LogP contribution in [0.15, 0.2) is 42.5 Å². The van der Waals surface area contributed by atoms with Gasteiger partial charge in [-0.25, -0.2) is 4.79 Å². The van der Waals surface area contributed by atoms with E-state index in [9.17, 15) is 14.4 Å². The monoisotopic (exact) mass is 491 g/mol. The van der Waals surface area contributed by atoms with Crippen LogP contribution in [0.1, 0.15) is 55.9 Å². The van der Waals surface area contributed by atoms with Gasteiger partial charge in [-0.3, -0.25) is 14.5 Å². The normalized spacial score (nSPS) is 18.4. The van der Waals surface area contributed by atoms with Crippen molar-refractivity contribution in [2.45, 2.75) is 72.1 Å². The number of carbonyl (C=O) groups excluding carboxylic acids is 3. The van der Waals surface area contributed by atoms with Crippen LogP contribution in [0.2, 0.25) is 0 Å². The molecule has 0 unspecified atom stereocenters. The van der Waals surface area contributed by atoms with Crippen LogP contribution in [0.3, 0.4) is 0 Å². The van der Waals surface area contributed by atoms with Crippen molar-refractivity contribution < 1.29 is 19.1 Å². The quantitative estimate of drug-likeness (QED) is 0.666. The summed E-state index contributed by atoms with van der Waals surface area (Å²) in [6.07, 6.45) is 1.18. The molecular weight excluding hydrogens is 454 g/mol. The molecule has 2 aliphatic rings. The van der Waals surface area contributed by atoms with Gasteiger partial charge in [0, 0.05) is 31.1 Å². The van der Waals surface area contributed by atoms with Crippen molar-refractivity contribution in [3.05, 3.63) is 64.7 Å². The van der Waals surface area contributed by atoms with Crippen molar-refractivity contribution in [2.24, 2.45) is 5.92 Å². The highest BCUT2D eigenvalue weighted by Crippen LogP contribution is 2.28. The second-order valence-electron chi connectivity index (χ2n) is 11.1. The predicted octanol–water partition coefficient (Wildman–Crippen LogP) is 4.84. The van der Waals surface area contributed by atoms with E-state index in [1.54, 1.807) is 9.80 Å². The van der Waals surface area contributed by atoms with E-state index in [0.717, 1.165) is 27.9 Å². The molecule has 3 amide bonds. The van der Waals surface area contributed by atoms with Crippen LogP contribution in [0.25, 0.3) is 0 Å². The van der Waals surface area contributed by atoms with Crippen molar-refractivity contribution in [3.8, 4) is 0 Å². The second-order valence-corrected chi connectivity index (χ2v) is 11.1. The van der Waals surface area contributed by atoms with Crippen molar-refractivity contribution in [3.63, 3.8) is 0 Å². The molecule has 0 spiro atoms. The number of carbonyl (C=O) groups is 3. The number of hydrogen-bond acceptors (Lipinski definition) is 4. The van der Waals surface area contributed by atoms with Gasteiger partial charge >= 0.3 is 6.09 Å². The summed E-state index contributed by atoms with van der Waals surface area (Å²) in [5, 5.41) is 3.04. The van der Waals surface area contributed by atoms with E-state index < -0.39 is 17.7 Å². The Labute approximate surface area is 213 Å². The van der Waals surface area contributed by atoms with Gasteiger partial charge < -0.3 is 15.0 Å². The molecule has 2 aromatic carbocycles.